The van der Waals surface area contributed by atoms with E-state index in [1.165, 1.54) is 0 Å². The van der Waals surface area contributed by atoms with Crippen molar-refractivity contribution in [2.75, 3.05) is 0 Å². The molecule has 3 heteroatoms. The predicted molar refractivity (Wildman–Crippen MR) is 75.8 cm³/mol. The highest BCUT2D eigenvalue weighted by molar-refractivity contribution is 14.1. The van der Waals surface area contributed by atoms with Crippen LogP contribution in [0.4, 0.5) is 0 Å². The minimum absolute atomic E-state index is 0.622. The van der Waals surface area contributed by atoms with Gasteiger partial charge in [0.1, 0.15) is 17.8 Å². The summed E-state index contributed by atoms with van der Waals surface area (Å²) in [5.41, 5.74) is 1.63. The summed E-state index contributed by atoms with van der Waals surface area (Å²) in [4.78, 5) is 10.7. The number of aldehydes is 1. The summed E-state index contributed by atoms with van der Waals surface area (Å²) >= 11 is 2.23. The van der Waals surface area contributed by atoms with Crippen LogP contribution in [0.25, 0.3) is 0 Å². The summed E-state index contributed by atoms with van der Waals surface area (Å²) in [6.45, 7) is 1.96. The molecule has 86 valence electrons. The minimum Gasteiger partial charge on any atom is -0.457 e. The molecule has 0 saturated heterocycles. The van der Waals surface area contributed by atoms with Gasteiger partial charge in [0.2, 0.25) is 0 Å². The third kappa shape index (κ3) is 3.06. The van der Waals surface area contributed by atoms with E-state index < -0.39 is 0 Å². The van der Waals surface area contributed by atoms with Crippen molar-refractivity contribution >= 4 is 28.9 Å². The molecule has 0 aromatic heterocycles. The van der Waals surface area contributed by atoms with E-state index in [4.69, 9.17) is 4.74 Å². The Kier molecular flexibility index (Phi) is 3.78. The molecule has 17 heavy (non-hydrogen) atoms. The van der Waals surface area contributed by atoms with Crippen molar-refractivity contribution in [1.29, 1.82) is 0 Å². The maximum atomic E-state index is 10.7. The van der Waals surface area contributed by atoms with Gasteiger partial charge in [0.15, 0.2) is 0 Å². The first-order valence-electron chi connectivity index (χ1n) is 5.18. The molecule has 2 aromatic carbocycles. The Labute approximate surface area is 114 Å². The van der Waals surface area contributed by atoms with E-state index in [0.29, 0.717) is 5.56 Å². The summed E-state index contributed by atoms with van der Waals surface area (Å²) in [5, 5.41) is 0. The second-order valence-electron chi connectivity index (χ2n) is 3.70. The van der Waals surface area contributed by atoms with Crippen LogP contribution in [0.2, 0.25) is 0 Å². The lowest BCUT2D eigenvalue weighted by Crippen LogP contribution is -1.90. The molecule has 0 unspecified atom stereocenters. The Hall–Kier alpha value is -1.36. The fourth-order valence-corrected chi connectivity index (χ4v) is 1.97. The van der Waals surface area contributed by atoms with Gasteiger partial charge in [-0.3, -0.25) is 4.79 Å². The van der Waals surface area contributed by atoms with E-state index in [1.807, 2.05) is 37.3 Å². The first kappa shape index (κ1) is 12.1. The second-order valence-corrected chi connectivity index (χ2v) is 4.95. The highest BCUT2D eigenvalue weighted by Gasteiger charge is 2.03. The van der Waals surface area contributed by atoms with Gasteiger partial charge in [-0.05, 0) is 59.3 Å². The molecule has 0 saturated carbocycles. The number of halogens is 1. The maximum Gasteiger partial charge on any atom is 0.150 e. The van der Waals surface area contributed by atoms with E-state index in [-0.39, 0.29) is 0 Å². The van der Waals surface area contributed by atoms with Crippen LogP contribution in [-0.4, -0.2) is 6.29 Å². The van der Waals surface area contributed by atoms with Crippen molar-refractivity contribution in [2.45, 2.75) is 6.92 Å². The Balaban J connectivity index is 2.32. The average Bonchev–Trinajstić information content (AvgIpc) is 2.32. The van der Waals surface area contributed by atoms with Crippen molar-refractivity contribution < 1.29 is 9.53 Å². The third-order valence-electron chi connectivity index (χ3n) is 2.37. The lowest BCUT2D eigenvalue weighted by atomic mass is 10.1. The van der Waals surface area contributed by atoms with Crippen molar-refractivity contribution in [2.24, 2.45) is 0 Å². The molecule has 0 aliphatic carbocycles. The van der Waals surface area contributed by atoms with Gasteiger partial charge in [0, 0.05) is 9.13 Å². The number of aryl methyl sites for hydroxylation is 1. The summed E-state index contributed by atoms with van der Waals surface area (Å²) < 4.78 is 6.88. The van der Waals surface area contributed by atoms with Crippen LogP contribution in [0.3, 0.4) is 0 Å². The monoisotopic (exact) mass is 338 g/mol. The van der Waals surface area contributed by atoms with Crippen LogP contribution in [-0.2, 0) is 0 Å². The lowest BCUT2D eigenvalue weighted by Gasteiger charge is -2.09. The molecule has 0 aliphatic heterocycles. The van der Waals surface area contributed by atoms with E-state index in [2.05, 4.69) is 22.6 Å². The first-order valence-corrected chi connectivity index (χ1v) is 6.26. The van der Waals surface area contributed by atoms with E-state index in [1.54, 1.807) is 12.1 Å². The summed E-state index contributed by atoms with van der Waals surface area (Å²) in [5.74, 6) is 1.50. The van der Waals surface area contributed by atoms with Crippen LogP contribution in [0.5, 0.6) is 11.5 Å². The molecular formula is C14H11IO2. The molecule has 0 N–H and O–H groups in total. The molecule has 0 radical (unpaired) electrons. The molecule has 0 fully saturated rings. The number of carbonyl (C=O) groups excluding carboxylic acids is 1. The second kappa shape index (κ2) is 5.31. The molecule has 0 amide bonds. The van der Waals surface area contributed by atoms with Crippen LogP contribution in [0.15, 0.2) is 42.5 Å². The molecule has 2 aromatic rings. The van der Waals surface area contributed by atoms with Gasteiger partial charge in [0.25, 0.3) is 0 Å². The zero-order valence-electron chi connectivity index (χ0n) is 9.31. The van der Waals surface area contributed by atoms with Crippen molar-refractivity contribution in [3.8, 4) is 11.5 Å². The van der Waals surface area contributed by atoms with E-state index >= 15 is 0 Å². The lowest BCUT2D eigenvalue weighted by molar-refractivity contribution is 0.112. The number of hydrogen-bond acceptors (Lipinski definition) is 2. The topological polar surface area (TPSA) is 26.3 Å². The Morgan fingerprint density at radius 1 is 1.18 bits per heavy atom. The number of ether oxygens (including phenoxy) is 1. The van der Waals surface area contributed by atoms with E-state index in [9.17, 15) is 4.79 Å². The minimum atomic E-state index is 0.622. The molecule has 0 spiro atoms. The largest absolute Gasteiger partial charge is 0.457 e. The van der Waals surface area contributed by atoms with Gasteiger partial charge in [-0.2, -0.15) is 0 Å². The molecule has 2 rings (SSSR count). The Bertz CT molecular complexity index is 550. The van der Waals surface area contributed by atoms with Crippen LogP contribution in [0.1, 0.15) is 15.9 Å². The van der Waals surface area contributed by atoms with Crippen molar-refractivity contribution in [3.05, 3.63) is 57.2 Å². The maximum absolute atomic E-state index is 10.7. The Morgan fingerprint density at radius 3 is 2.71 bits per heavy atom. The van der Waals surface area contributed by atoms with Crippen molar-refractivity contribution in [3.63, 3.8) is 0 Å². The van der Waals surface area contributed by atoms with Crippen LogP contribution in [0, 0.1) is 10.5 Å². The molecule has 0 aliphatic rings. The van der Waals surface area contributed by atoms with Crippen LogP contribution >= 0.6 is 22.6 Å². The summed E-state index contributed by atoms with van der Waals surface area (Å²) in [7, 11) is 0. The van der Waals surface area contributed by atoms with Gasteiger partial charge >= 0.3 is 0 Å². The molecule has 0 atom stereocenters. The van der Waals surface area contributed by atoms with E-state index in [0.717, 1.165) is 26.9 Å². The van der Waals surface area contributed by atoms with Gasteiger partial charge in [-0.15, -0.1) is 0 Å². The van der Waals surface area contributed by atoms with Gasteiger partial charge in [0.05, 0.1) is 0 Å². The molecule has 2 nitrogen and oxygen atoms in total. The molecular weight excluding hydrogens is 327 g/mol. The van der Waals surface area contributed by atoms with Crippen LogP contribution < -0.4 is 4.74 Å². The average molecular weight is 338 g/mol. The summed E-state index contributed by atoms with van der Waals surface area (Å²) in [6.07, 6.45) is 0.820. The third-order valence-corrected chi connectivity index (χ3v) is 3.04. The Morgan fingerprint density at radius 2 is 2.00 bits per heavy atom. The number of rotatable bonds is 3. The zero-order valence-corrected chi connectivity index (χ0v) is 11.5. The molecule has 0 bridgehead atoms. The predicted octanol–water partition coefficient (Wildman–Crippen LogP) is 4.20. The molecule has 0 heterocycles. The van der Waals surface area contributed by atoms with Gasteiger partial charge in [-0.25, -0.2) is 0 Å². The number of carbonyl (C=O) groups is 1. The number of hydrogen-bond donors (Lipinski definition) is 0. The zero-order chi connectivity index (χ0) is 12.3. The normalized spacial score (nSPS) is 10.0. The number of benzene rings is 2. The fourth-order valence-electron chi connectivity index (χ4n) is 1.46. The highest BCUT2D eigenvalue weighted by atomic mass is 127. The van der Waals surface area contributed by atoms with Gasteiger partial charge in [-0.1, -0.05) is 18.2 Å². The van der Waals surface area contributed by atoms with Crippen molar-refractivity contribution in [1.82, 2.24) is 0 Å². The SMILES string of the molecule is Cc1ccc(C=O)cc1Oc1cccc(I)c1. The fraction of sp³-hybridized carbons (Fsp3) is 0.0714. The summed E-state index contributed by atoms with van der Waals surface area (Å²) in [6, 6.07) is 13.2. The van der Waals surface area contributed by atoms with Gasteiger partial charge < -0.3 is 4.74 Å². The highest BCUT2D eigenvalue weighted by Crippen LogP contribution is 2.26. The quantitative estimate of drug-likeness (QED) is 0.619. The standard InChI is InChI=1S/C14H11IO2/c1-10-5-6-11(9-16)7-14(10)17-13-4-2-3-12(15)8-13/h2-9H,1H3. The first-order chi connectivity index (χ1) is 8.19. The smallest absolute Gasteiger partial charge is 0.150 e.